The van der Waals surface area contributed by atoms with E-state index < -0.39 is 10.0 Å². The molecule has 0 aromatic carbocycles. The molecule has 0 radical (unpaired) electrons. The Morgan fingerprint density at radius 1 is 1.53 bits per heavy atom. The maximum absolute atomic E-state index is 12.2. The lowest BCUT2D eigenvalue weighted by molar-refractivity contribution is 0.114. The highest BCUT2D eigenvalue weighted by Crippen LogP contribution is 2.25. The van der Waals surface area contributed by atoms with E-state index in [4.69, 9.17) is 4.74 Å². The van der Waals surface area contributed by atoms with Crippen LogP contribution >= 0.6 is 11.3 Å². The minimum Gasteiger partial charge on any atom is -0.377 e. The van der Waals surface area contributed by atoms with Crippen LogP contribution in [0.2, 0.25) is 0 Å². The van der Waals surface area contributed by atoms with Crippen LogP contribution in [0.4, 0.5) is 0 Å². The fourth-order valence-corrected chi connectivity index (χ4v) is 4.85. The highest BCUT2D eigenvalue weighted by Gasteiger charge is 2.23. The number of hydrogen-bond acceptors (Lipinski definition) is 5. The zero-order valence-electron chi connectivity index (χ0n) is 11.2. The van der Waals surface area contributed by atoms with Crippen molar-refractivity contribution in [1.29, 1.82) is 0 Å². The molecule has 1 aliphatic heterocycles. The zero-order chi connectivity index (χ0) is 13.9. The van der Waals surface area contributed by atoms with Crippen molar-refractivity contribution in [1.82, 2.24) is 10.0 Å². The summed E-state index contributed by atoms with van der Waals surface area (Å²) in [5.74, 6) is 0. The molecular weight excluding hydrogens is 284 g/mol. The lowest BCUT2D eigenvalue weighted by Crippen LogP contribution is -2.31. The Morgan fingerprint density at radius 2 is 2.32 bits per heavy atom. The number of hydrogen-bond donors (Lipinski definition) is 2. The molecular formula is C12H20N2O3S2. The first-order valence-electron chi connectivity index (χ1n) is 6.38. The van der Waals surface area contributed by atoms with Crippen molar-refractivity contribution in [2.75, 3.05) is 20.2 Å². The fourth-order valence-electron chi connectivity index (χ4n) is 2.14. The predicted molar refractivity (Wildman–Crippen MR) is 76.0 cm³/mol. The summed E-state index contributed by atoms with van der Waals surface area (Å²) in [6.07, 6.45) is 1.96. The lowest BCUT2D eigenvalue weighted by atomic mass is 10.2. The van der Waals surface area contributed by atoms with E-state index in [0.29, 0.717) is 18.0 Å². The van der Waals surface area contributed by atoms with Gasteiger partial charge >= 0.3 is 0 Å². The molecule has 0 amide bonds. The van der Waals surface area contributed by atoms with E-state index in [9.17, 15) is 8.42 Å². The summed E-state index contributed by atoms with van der Waals surface area (Å²) >= 11 is 1.51. The van der Waals surface area contributed by atoms with Crippen LogP contribution in [0.1, 0.15) is 22.6 Å². The van der Waals surface area contributed by atoms with Gasteiger partial charge in [0.15, 0.2) is 0 Å². The topological polar surface area (TPSA) is 67.4 Å². The number of sulfonamides is 1. The van der Waals surface area contributed by atoms with Gasteiger partial charge in [0.25, 0.3) is 0 Å². The van der Waals surface area contributed by atoms with Crippen molar-refractivity contribution < 1.29 is 13.2 Å². The van der Waals surface area contributed by atoms with Crippen LogP contribution in [0.25, 0.3) is 0 Å². The maximum Gasteiger partial charge on any atom is 0.241 e. The molecule has 5 nitrogen and oxygen atoms in total. The van der Waals surface area contributed by atoms with E-state index >= 15 is 0 Å². The molecule has 1 unspecified atom stereocenters. The van der Waals surface area contributed by atoms with Gasteiger partial charge in [0.1, 0.15) is 0 Å². The Bertz CT molecular complexity index is 519. The van der Waals surface area contributed by atoms with Gasteiger partial charge in [-0.25, -0.2) is 13.1 Å². The second-order valence-corrected chi connectivity index (χ2v) is 7.73. The summed E-state index contributed by atoms with van der Waals surface area (Å²) in [4.78, 5) is 2.24. The Morgan fingerprint density at radius 3 is 2.95 bits per heavy atom. The molecule has 0 spiro atoms. The normalized spacial score (nSPS) is 20.0. The molecule has 0 saturated carbocycles. The SMILES string of the molecule is CNCc1cc(S(=O)(=O)NCC2CCCO2)c(C)s1. The molecule has 1 aromatic heterocycles. The van der Waals surface area contributed by atoms with Gasteiger partial charge in [0, 0.05) is 29.5 Å². The monoisotopic (exact) mass is 304 g/mol. The van der Waals surface area contributed by atoms with Crippen molar-refractivity contribution >= 4 is 21.4 Å². The average molecular weight is 304 g/mol. The summed E-state index contributed by atoms with van der Waals surface area (Å²) in [6.45, 7) is 3.62. The molecule has 19 heavy (non-hydrogen) atoms. The Kier molecular flexibility index (Phi) is 4.97. The van der Waals surface area contributed by atoms with E-state index in [2.05, 4.69) is 10.0 Å². The summed E-state index contributed by atoms with van der Waals surface area (Å²) in [5, 5.41) is 3.03. The molecule has 108 valence electrons. The molecule has 1 fully saturated rings. The summed E-state index contributed by atoms with van der Waals surface area (Å²) in [5.41, 5.74) is 0. The maximum atomic E-state index is 12.2. The summed E-state index contributed by atoms with van der Waals surface area (Å²) in [6, 6.07) is 1.74. The van der Waals surface area contributed by atoms with Crippen LogP contribution in [-0.4, -0.2) is 34.7 Å². The Hall–Kier alpha value is -0.470. The third-order valence-corrected chi connectivity index (χ3v) is 5.82. The summed E-state index contributed by atoms with van der Waals surface area (Å²) < 4.78 is 32.6. The molecule has 0 bridgehead atoms. The van der Waals surface area contributed by atoms with E-state index in [1.54, 1.807) is 6.07 Å². The van der Waals surface area contributed by atoms with Gasteiger partial charge < -0.3 is 10.1 Å². The van der Waals surface area contributed by atoms with Crippen molar-refractivity contribution in [3.05, 3.63) is 15.8 Å². The van der Waals surface area contributed by atoms with Crippen LogP contribution in [0, 0.1) is 6.92 Å². The van der Waals surface area contributed by atoms with Gasteiger partial charge in [-0.2, -0.15) is 0 Å². The number of rotatable bonds is 6. The van der Waals surface area contributed by atoms with Crippen molar-refractivity contribution in [2.45, 2.75) is 37.3 Å². The molecule has 1 aliphatic rings. The summed E-state index contributed by atoms with van der Waals surface area (Å²) in [7, 11) is -1.58. The fraction of sp³-hybridized carbons (Fsp3) is 0.667. The number of nitrogens with one attached hydrogen (secondary N) is 2. The first-order valence-corrected chi connectivity index (χ1v) is 8.68. The van der Waals surface area contributed by atoms with Crippen LogP contribution < -0.4 is 10.0 Å². The second-order valence-electron chi connectivity index (χ2n) is 4.65. The molecule has 7 heteroatoms. The second kappa shape index (κ2) is 6.32. The van der Waals surface area contributed by atoms with Crippen molar-refractivity contribution in [2.24, 2.45) is 0 Å². The van der Waals surface area contributed by atoms with Crippen LogP contribution in [0.15, 0.2) is 11.0 Å². The van der Waals surface area contributed by atoms with E-state index in [1.807, 2.05) is 14.0 Å². The van der Waals surface area contributed by atoms with Gasteiger partial charge in [0.05, 0.1) is 11.0 Å². The number of aryl methyl sites for hydroxylation is 1. The first kappa shape index (κ1) is 14.9. The van der Waals surface area contributed by atoms with Crippen LogP contribution in [0.5, 0.6) is 0 Å². The smallest absolute Gasteiger partial charge is 0.241 e. The molecule has 1 saturated heterocycles. The van der Waals surface area contributed by atoms with Gasteiger partial charge in [-0.05, 0) is 32.9 Å². The van der Waals surface area contributed by atoms with Gasteiger partial charge in [-0.3, -0.25) is 0 Å². The van der Waals surface area contributed by atoms with Crippen LogP contribution in [0.3, 0.4) is 0 Å². The standard InChI is InChI=1S/C12H20N2O3S2/c1-9-12(6-11(18-9)8-13-2)19(15,16)14-7-10-4-3-5-17-10/h6,10,13-14H,3-5,7-8H2,1-2H3. The van der Waals surface area contributed by atoms with Gasteiger partial charge in [-0.15, -0.1) is 11.3 Å². The quantitative estimate of drug-likeness (QED) is 0.829. The first-order chi connectivity index (χ1) is 9.03. The molecule has 1 atom stereocenters. The van der Waals surface area contributed by atoms with Crippen LogP contribution in [-0.2, 0) is 21.3 Å². The largest absolute Gasteiger partial charge is 0.377 e. The molecule has 1 aromatic rings. The molecule has 2 heterocycles. The highest BCUT2D eigenvalue weighted by molar-refractivity contribution is 7.89. The van der Waals surface area contributed by atoms with E-state index in [1.165, 1.54) is 11.3 Å². The van der Waals surface area contributed by atoms with E-state index in [0.717, 1.165) is 29.2 Å². The van der Waals surface area contributed by atoms with Crippen molar-refractivity contribution in [3.63, 3.8) is 0 Å². The number of thiophene rings is 1. The minimum absolute atomic E-state index is 0.0190. The van der Waals surface area contributed by atoms with Gasteiger partial charge in [0.2, 0.25) is 10.0 Å². The third-order valence-electron chi connectivity index (χ3n) is 3.09. The number of ether oxygens (including phenoxy) is 1. The lowest BCUT2D eigenvalue weighted by Gasteiger charge is -2.11. The third kappa shape index (κ3) is 3.76. The Balaban J connectivity index is 2.05. The van der Waals surface area contributed by atoms with E-state index in [-0.39, 0.29) is 6.10 Å². The highest BCUT2D eigenvalue weighted by atomic mass is 32.2. The Labute approximate surface area is 118 Å². The molecule has 2 N–H and O–H groups in total. The molecule has 2 rings (SSSR count). The van der Waals surface area contributed by atoms with Crippen molar-refractivity contribution in [3.8, 4) is 0 Å². The molecule has 0 aliphatic carbocycles. The zero-order valence-corrected chi connectivity index (χ0v) is 12.9. The van der Waals surface area contributed by atoms with Gasteiger partial charge in [-0.1, -0.05) is 0 Å². The average Bonchev–Trinajstić information content (AvgIpc) is 2.97. The minimum atomic E-state index is -3.42. The predicted octanol–water partition coefficient (Wildman–Crippen LogP) is 1.23.